The lowest BCUT2D eigenvalue weighted by Gasteiger charge is -2.14. The van der Waals surface area contributed by atoms with E-state index in [0.717, 1.165) is 28.7 Å². The fraction of sp³-hybridized carbons (Fsp3) is 0.263. The first kappa shape index (κ1) is 15.3. The number of rotatable bonds is 5. The summed E-state index contributed by atoms with van der Waals surface area (Å²) in [6.45, 7) is 4.93. The Labute approximate surface area is 136 Å². The summed E-state index contributed by atoms with van der Waals surface area (Å²) >= 11 is 0. The van der Waals surface area contributed by atoms with Gasteiger partial charge >= 0.3 is 0 Å². The van der Waals surface area contributed by atoms with Crippen molar-refractivity contribution in [3.63, 3.8) is 0 Å². The van der Waals surface area contributed by atoms with Crippen molar-refractivity contribution in [2.24, 2.45) is 0 Å². The van der Waals surface area contributed by atoms with Crippen LogP contribution in [0.2, 0.25) is 0 Å². The maximum absolute atomic E-state index is 12.4. The van der Waals surface area contributed by atoms with Crippen molar-refractivity contribution >= 4 is 16.9 Å². The second kappa shape index (κ2) is 6.65. The second-order valence-corrected chi connectivity index (χ2v) is 5.69. The van der Waals surface area contributed by atoms with Gasteiger partial charge in [0.1, 0.15) is 5.65 Å². The number of aryl methyl sites for hydroxylation is 1. The van der Waals surface area contributed by atoms with E-state index in [1.165, 1.54) is 0 Å². The van der Waals surface area contributed by atoms with Gasteiger partial charge in [-0.1, -0.05) is 30.3 Å². The molecule has 3 rings (SSSR count). The van der Waals surface area contributed by atoms with Gasteiger partial charge in [-0.15, -0.1) is 0 Å². The van der Waals surface area contributed by atoms with Crippen LogP contribution in [0.5, 0.6) is 0 Å². The Hall–Kier alpha value is -2.62. The summed E-state index contributed by atoms with van der Waals surface area (Å²) in [7, 11) is 0. The van der Waals surface area contributed by atoms with Gasteiger partial charge < -0.3 is 9.88 Å². The molecule has 0 aliphatic rings. The zero-order valence-corrected chi connectivity index (χ0v) is 13.5. The number of amides is 1. The number of carbonyl (C=O) groups is 1. The molecule has 0 aliphatic carbocycles. The molecule has 0 fully saturated rings. The zero-order valence-electron chi connectivity index (χ0n) is 13.5. The Balaban J connectivity index is 1.76. The van der Waals surface area contributed by atoms with Crippen molar-refractivity contribution in [3.8, 4) is 0 Å². The molecule has 4 nitrogen and oxygen atoms in total. The molecule has 23 heavy (non-hydrogen) atoms. The number of hydrogen-bond acceptors (Lipinski definition) is 2. The molecular weight excluding hydrogens is 286 g/mol. The van der Waals surface area contributed by atoms with Crippen molar-refractivity contribution in [1.82, 2.24) is 14.9 Å². The molecule has 2 aromatic heterocycles. The molecule has 1 aromatic carbocycles. The van der Waals surface area contributed by atoms with Crippen LogP contribution in [0.15, 0.2) is 54.9 Å². The Kier molecular flexibility index (Phi) is 4.42. The van der Waals surface area contributed by atoms with E-state index in [0.29, 0.717) is 6.42 Å². The van der Waals surface area contributed by atoms with Gasteiger partial charge in [0, 0.05) is 24.3 Å². The average Bonchev–Trinajstić information content (AvgIpc) is 2.93. The summed E-state index contributed by atoms with van der Waals surface area (Å²) < 4.78 is 2.08. The van der Waals surface area contributed by atoms with Gasteiger partial charge in [-0.3, -0.25) is 4.79 Å². The molecule has 1 unspecified atom stereocenters. The SMILES string of the molecule is CCn1cc(CC(=O)NC(C)c2ccccc2)c2cccnc21. The third kappa shape index (κ3) is 3.26. The van der Waals surface area contributed by atoms with Crippen molar-refractivity contribution in [3.05, 3.63) is 66.0 Å². The standard InChI is InChI=1S/C19H21N3O/c1-3-22-13-16(17-10-7-11-20-19(17)22)12-18(23)21-14(2)15-8-5-4-6-9-15/h4-11,13-14H,3,12H2,1-2H3,(H,21,23). The number of hydrogen-bond donors (Lipinski definition) is 1. The molecule has 0 radical (unpaired) electrons. The van der Waals surface area contributed by atoms with Crippen molar-refractivity contribution in [2.45, 2.75) is 32.9 Å². The summed E-state index contributed by atoms with van der Waals surface area (Å²) in [6.07, 6.45) is 4.19. The Morgan fingerprint density at radius 1 is 1.22 bits per heavy atom. The summed E-state index contributed by atoms with van der Waals surface area (Å²) in [6, 6.07) is 13.9. The average molecular weight is 307 g/mol. The van der Waals surface area contributed by atoms with Crippen molar-refractivity contribution in [1.29, 1.82) is 0 Å². The van der Waals surface area contributed by atoms with E-state index in [1.54, 1.807) is 6.20 Å². The third-order valence-corrected chi connectivity index (χ3v) is 4.09. The fourth-order valence-electron chi connectivity index (χ4n) is 2.87. The normalized spacial score (nSPS) is 12.3. The van der Waals surface area contributed by atoms with Crippen LogP contribution in [0.1, 0.15) is 31.0 Å². The van der Waals surface area contributed by atoms with E-state index < -0.39 is 0 Å². The van der Waals surface area contributed by atoms with E-state index in [1.807, 2.05) is 55.6 Å². The van der Waals surface area contributed by atoms with Crippen LogP contribution in [0, 0.1) is 0 Å². The van der Waals surface area contributed by atoms with Crippen LogP contribution in [-0.4, -0.2) is 15.5 Å². The highest BCUT2D eigenvalue weighted by atomic mass is 16.1. The first-order chi connectivity index (χ1) is 11.2. The molecule has 2 heterocycles. The highest BCUT2D eigenvalue weighted by Gasteiger charge is 2.14. The predicted molar refractivity (Wildman–Crippen MR) is 92.1 cm³/mol. The summed E-state index contributed by atoms with van der Waals surface area (Å²) in [5.74, 6) is 0.0281. The van der Waals surface area contributed by atoms with Crippen LogP contribution in [-0.2, 0) is 17.8 Å². The van der Waals surface area contributed by atoms with Crippen LogP contribution in [0.25, 0.3) is 11.0 Å². The first-order valence-electron chi connectivity index (χ1n) is 7.96. The predicted octanol–water partition coefficient (Wildman–Crippen LogP) is 3.48. The maximum atomic E-state index is 12.4. The van der Waals surface area contributed by atoms with E-state index in [-0.39, 0.29) is 11.9 Å². The zero-order chi connectivity index (χ0) is 16.2. The third-order valence-electron chi connectivity index (χ3n) is 4.09. The van der Waals surface area contributed by atoms with Crippen LogP contribution >= 0.6 is 0 Å². The summed E-state index contributed by atoms with van der Waals surface area (Å²) in [4.78, 5) is 16.8. The van der Waals surface area contributed by atoms with Gasteiger partial charge in [0.25, 0.3) is 0 Å². The minimum atomic E-state index is 0.00125. The fourth-order valence-corrected chi connectivity index (χ4v) is 2.87. The van der Waals surface area contributed by atoms with Crippen LogP contribution < -0.4 is 5.32 Å². The monoisotopic (exact) mass is 307 g/mol. The van der Waals surface area contributed by atoms with Gasteiger partial charge in [-0.25, -0.2) is 4.98 Å². The lowest BCUT2D eigenvalue weighted by molar-refractivity contribution is -0.121. The van der Waals surface area contributed by atoms with Crippen LogP contribution in [0.4, 0.5) is 0 Å². The molecule has 0 spiro atoms. The number of fused-ring (bicyclic) bond motifs is 1. The van der Waals surface area contributed by atoms with Gasteiger partial charge in [-0.2, -0.15) is 0 Å². The van der Waals surface area contributed by atoms with E-state index in [4.69, 9.17) is 0 Å². The van der Waals surface area contributed by atoms with E-state index in [9.17, 15) is 4.79 Å². The first-order valence-corrected chi connectivity index (χ1v) is 7.96. The molecule has 0 saturated carbocycles. The van der Waals surface area contributed by atoms with E-state index >= 15 is 0 Å². The molecule has 0 bridgehead atoms. The summed E-state index contributed by atoms with van der Waals surface area (Å²) in [5.41, 5.74) is 3.07. The minimum Gasteiger partial charge on any atom is -0.349 e. The quantitative estimate of drug-likeness (QED) is 0.784. The largest absolute Gasteiger partial charge is 0.349 e. The molecular formula is C19H21N3O. The van der Waals surface area contributed by atoms with Gasteiger partial charge in [-0.05, 0) is 37.1 Å². The Bertz CT molecular complexity index is 808. The molecule has 0 saturated heterocycles. The molecule has 118 valence electrons. The Morgan fingerprint density at radius 3 is 2.74 bits per heavy atom. The van der Waals surface area contributed by atoms with Crippen molar-refractivity contribution in [2.75, 3.05) is 0 Å². The molecule has 1 amide bonds. The molecule has 4 heteroatoms. The number of pyridine rings is 1. The van der Waals surface area contributed by atoms with Gasteiger partial charge in [0.15, 0.2) is 0 Å². The minimum absolute atomic E-state index is 0.00125. The number of nitrogens with zero attached hydrogens (tertiary/aromatic N) is 2. The summed E-state index contributed by atoms with van der Waals surface area (Å²) in [5, 5.41) is 4.12. The Morgan fingerprint density at radius 2 is 2.00 bits per heavy atom. The van der Waals surface area contributed by atoms with Crippen LogP contribution in [0.3, 0.4) is 0 Å². The van der Waals surface area contributed by atoms with Gasteiger partial charge in [0.2, 0.25) is 5.91 Å². The highest BCUT2D eigenvalue weighted by Crippen LogP contribution is 2.20. The lowest BCUT2D eigenvalue weighted by atomic mass is 10.1. The van der Waals surface area contributed by atoms with Crippen molar-refractivity contribution < 1.29 is 4.79 Å². The van der Waals surface area contributed by atoms with Gasteiger partial charge in [0.05, 0.1) is 12.5 Å². The number of carbonyl (C=O) groups excluding carboxylic acids is 1. The number of aromatic nitrogens is 2. The topological polar surface area (TPSA) is 46.9 Å². The molecule has 0 aliphatic heterocycles. The lowest BCUT2D eigenvalue weighted by Crippen LogP contribution is -2.28. The smallest absolute Gasteiger partial charge is 0.224 e. The number of nitrogens with one attached hydrogen (secondary N) is 1. The molecule has 1 atom stereocenters. The number of benzene rings is 1. The highest BCUT2D eigenvalue weighted by molar-refractivity contribution is 5.87. The van der Waals surface area contributed by atoms with E-state index in [2.05, 4.69) is 21.8 Å². The molecule has 3 aromatic rings. The molecule has 1 N–H and O–H groups in total. The maximum Gasteiger partial charge on any atom is 0.224 e. The second-order valence-electron chi connectivity index (χ2n) is 5.69.